The van der Waals surface area contributed by atoms with Gasteiger partial charge < -0.3 is 15.8 Å². The normalized spacial score (nSPS) is 10.6. The average Bonchev–Trinajstić information content (AvgIpc) is 2.46. The molecule has 0 aliphatic carbocycles. The lowest BCUT2D eigenvalue weighted by atomic mass is 10.1. The molecule has 1 aromatic rings. The fourth-order valence-electron chi connectivity index (χ4n) is 1.97. The summed E-state index contributed by atoms with van der Waals surface area (Å²) < 4.78 is 5.36. The van der Waals surface area contributed by atoms with Gasteiger partial charge in [-0.3, -0.25) is 4.79 Å². The van der Waals surface area contributed by atoms with Gasteiger partial charge in [0, 0.05) is 12.3 Å². The molecule has 0 atom stereocenters. The smallest absolute Gasteiger partial charge is 0.250 e. The van der Waals surface area contributed by atoms with Crippen molar-refractivity contribution >= 4 is 28.9 Å². The first kappa shape index (κ1) is 17.8. The summed E-state index contributed by atoms with van der Waals surface area (Å²) in [6.07, 6.45) is 7.25. The van der Waals surface area contributed by atoms with Crippen LogP contribution in [0, 0.1) is 0 Å². The quantitative estimate of drug-likeness (QED) is 0.502. The molecular formula is C16H25ClN2O2. The largest absolute Gasteiger partial charge is 0.397 e. The predicted molar refractivity (Wildman–Crippen MR) is 88.7 cm³/mol. The first-order valence-electron chi connectivity index (χ1n) is 7.56. The van der Waals surface area contributed by atoms with E-state index >= 15 is 0 Å². The van der Waals surface area contributed by atoms with Crippen LogP contribution in [0.25, 0.3) is 0 Å². The van der Waals surface area contributed by atoms with Crippen LogP contribution < -0.4 is 11.1 Å². The van der Waals surface area contributed by atoms with Crippen molar-refractivity contribution in [2.45, 2.75) is 45.4 Å². The van der Waals surface area contributed by atoms with Crippen molar-refractivity contribution < 1.29 is 9.53 Å². The van der Waals surface area contributed by atoms with E-state index in [9.17, 15) is 4.79 Å². The fraction of sp³-hybridized carbons (Fsp3) is 0.562. The van der Waals surface area contributed by atoms with E-state index in [1.165, 1.54) is 25.7 Å². The van der Waals surface area contributed by atoms with Crippen LogP contribution in [-0.2, 0) is 9.53 Å². The molecule has 1 aromatic carbocycles. The Balaban J connectivity index is 2.10. The molecule has 0 saturated heterocycles. The number of hydrogen-bond donors (Lipinski definition) is 2. The molecule has 0 aliphatic rings. The molecule has 0 saturated carbocycles. The molecule has 5 heteroatoms. The first-order chi connectivity index (χ1) is 10.1. The summed E-state index contributed by atoms with van der Waals surface area (Å²) in [5.41, 5.74) is 6.75. The van der Waals surface area contributed by atoms with Gasteiger partial charge in [0.15, 0.2) is 0 Å². The second-order valence-corrected chi connectivity index (χ2v) is 5.51. The molecule has 1 amide bonds. The zero-order valence-corrected chi connectivity index (χ0v) is 13.4. The fourth-order valence-corrected chi connectivity index (χ4v) is 2.09. The molecule has 0 spiro atoms. The number of carbonyl (C=O) groups excluding carboxylic acids is 1. The van der Waals surface area contributed by atoms with E-state index in [-0.39, 0.29) is 12.5 Å². The zero-order chi connectivity index (χ0) is 15.5. The molecule has 0 heterocycles. The van der Waals surface area contributed by atoms with Crippen LogP contribution in [0.1, 0.15) is 45.4 Å². The van der Waals surface area contributed by atoms with Crippen molar-refractivity contribution in [2.24, 2.45) is 0 Å². The lowest BCUT2D eigenvalue weighted by Gasteiger charge is -2.07. The van der Waals surface area contributed by atoms with Crippen LogP contribution in [0.3, 0.4) is 0 Å². The number of unbranched alkanes of at least 4 members (excludes halogenated alkanes) is 5. The van der Waals surface area contributed by atoms with E-state index < -0.39 is 0 Å². The summed E-state index contributed by atoms with van der Waals surface area (Å²) in [6, 6.07) is 5.00. The molecule has 0 aromatic heterocycles. The summed E-state index contributed by atoms with van der Waals surface area (Å²) in [5, 5.41) is 3.21. The standard InChI is InChI=1S/C16H25ClN2O2/c1-2-3-4-5-6-7-10-21-12-16(20)19-13-8-9-14(17)15(18)11-13/h8-9,11H,2-7,10,12,18H2,1H3,(H,19,20). The first-order valence-corrected chi connectivity index (χ1v) is 7.94. The Hall–Kier alpha value is -1.26. The van der Waals surface area contributed by atoms with Crippen molar-refractivity contribution in [3.05, 3.63) is 23.2 Å². The van der Waals surface area contributed by atoms with Gasteiger partial charge in [-0.1, -0.05) is 50.6 Å². The Morgan fingerprint density at radius 3 is 2.67 bits per heavy atom. The number of hydrogen-bond acceptors (Lipinski definition) is 3. The van der Waals surface area contributed by atoms with Crippen LogP contribution in [-0.4, -0.2) is 19.1 Å². The van der Waals surface area contributed by atoms with Gasteiger partial charge in [0.25, 0.3) is 0 Å². The maximum atomic E-state index is 11.7. The Morgan fingerprint density at radius 2 is 1.95 bits per heavy atom. The molecule has 118 valence electrons. The molecule has 4 nitrogen and oxygen atoms in total. The van der Waals surface area contributed by atoms with Gasteiger partial charge >= 0.3 is 0 Å². The number of halogens is 1. The Bertz CT molecular complexity index is 438. The Morgan fingerprint density at radius 1 is 1.24 bits per heavy atom. The van der Waals surface area contributed by atoms with E-state index in [0.29, 0.717) is 23.0 Å². The highest BCUT2D eigenvalue weighted by molar-refractivity contribution is 6.33. The van der Waals surface area contributed by atoms with Crippen LogP contribution in [0.5, 0.6) is 0 Å². The van der Waals surface area contributed by atoms with Crippen molar-refractivity contribution in [3.8, 4) is 0 Å². The third-order valence-corrected chi connectivity index (χ3v) is 3.50. The SMILES string of the molecule is CCCCCCCCOCC(=O)Nc1ccc(Cl)c(N)c1. The van der Waals surface area contributed by atoms with Crippen LogP contribution in [0.15, 0.2) is 18.2 Å². The molecule has 21 heavy (non-hydrogen) atoms. The van der Waals surface area contributed by atoms with Crippen molar-refractivity contribution in [1.82, 2.24) is 0 Å². The van der Waals surface area contributed by atoms with Crippen LogP contribution >= 0.6 is 11.6 Å². The lowest BCUT2D eigenvalue weighted by Crippen LogP contribution is -2.18. The number of benzene rings is 1. The van der Waals surface area contributed by atoms with Crippen molar-refractivity contribution in [3.63, 3.8) is 0 Å². The highest BCUT2D eigenvalue weighted by atomic mass is 35.5. The van der Waals surface area contributed by atoms with E-state index in [2.05, 4.69) is 12.2 Å². The summed E-state index contributed by atoms with van der Waals surface area (Å²) in [7, 11) is 0. The molecule has 0 unspecified atom stereocenters. The zero-order valence-electron chi connectivity index (χ0n) is 12.7. The molecule has 0 aliphatic heterocycles. The molecule has 0 fully saturated rings. The van der Waals surface area contributed by atoms with Gasteiger partial charge in [0.1, 0.15) is 6.61 Å². The summed E-state index contributed by atoms with van der Waals surface area (Å²) >= 11 is 5.82. The maximum Gasteiger partial charge on any atom is 0.250 e. The number of nitrogen functional groups attached to an aromatic ring is 1. The van der Waals surface area contributed by atoms with Crippen LogP contribution in [0.2, 0.25) is 5.02 Å². The second-order valence-electron chi connectivity index (χ2n) is 5.10. The Labute approximate surface area is 132 Å². The minimum Gasteiger partial charge on any atom is -0.397 e. The summed E-state index contributed by atoms with van der Waals surface area (Å²) in [4.78, 5) is 11.7. The average molecular weight is 313 g/mol. The Kier molecular flexibility index (Phi) is 8.87. The topological polar surface area (TPSA) is 64.3 Å². The van der Waals surface area contributed by atoms with Gasteiger partial charge in [-0.15, -0.1) is 0 Å². The van der Waals surface area contributed by atoms with Crippen LogP contribution in [0.4, 0.5) is 11.4 Å². The minimum absolute atomic E-state index is 0.0670. The molecule has 0 bridgehead atoms. The molecular weight excluding hydrogens is 288 g/mol. The van der Waals surface area contributed by atoms with E-state index in [1.54, 1.807) is 18.2 Å². The van der Waals surface area contributed by atoms with Gasteiger partial charge in [-0.25, -0.2) is 0 Å². The number of amides is 1. The van der Waals surface area contributed by atoms with Crippen molar-refractivity contribution in [2.75, 3.05) is 24.3 Å². The van der Waals surface area contributed by atoms with E-state index in [4.69, 9.17) is 22.1 Å². The highest BCUT2D eigenvalue weighted by Gasteiger charge is 2.04. The number of nitrogens with two attached hydrogens (primary N) is 1. The molecule has 0 radical (unpaired) electrons. The lowest BCUT2D eigenvalue weighted by molar-refractivity contribution is -0.120. The predicted octanol–water partition coefficient (Wildman–Crippen LogP) is 4.24. The molecule has 1 rings (SSSR count). The number of rotatable bonds is 10. The maximum absolute atomic E-state index is 11.7. The summed E-state index contributed by atoms with van der Waals surface area (Å²) in [6.45, 7) is 2.90. The number of nitrogens with one attached hydrogen (secondary N) is 1. The number of carbonyl (C=O) groups is 1. The van der Waals surface area contributed by atoms with Crippen molar-refractivity contribution in [1.29, 1.82) is 0 Å². The van der Waals surface area contributed by atoms with Gasteiger partial charge in [-0.05, 0) is 24.6 Å². The third kappa shape index (κ3) is 7.93. The van der Waals surface area contributed by atoms with Gasteiger partial charge in [0.2, 0.25) is 5.91 Å². The van der Waals surface area contributed by atoms with E-state index in [1.807, 2.05) is 0 Å². The number of anilines is 2. The molecule has 3 N–H and O–H groups in total. The summed E-state index contributed by atoms with van der Waals surface area (Å²) in [5.74, 6) is -0.178. The van der Waals surface area contributed by atoms with Gasteiger partial charge in [0.05, 0.1) is 10.7 Å². The number of ether oxygens (including phenoxy) is 1. The third-order valence-electron chi connectivity index (χ3n) is 3.16. The monoisotopic (exact) mass is 312 g/mol. The minimum atomic E-state index is -0.178. The van der Waals surface area contributed by atoms with Gasteiger partial charge in [-0.2, -0.15) is 0 Å². The second kappa shape index (κ2) is 10.5. The highest BCUT2D eigenvalue weighted by Crippen LogP contribution is 2.22. The van der Waals surface area contributed by atoms with E-state index in [0.717, 1.165) is 12.8 Å².